The van der Waals surface area contributed by atoms with Gasteiger partial charge in [-0.15, -0.1) is 26.3 Å². The van der Waals surface area contributed by atoms with Crippen molar-refractivity contribution in [1.82, 2.24) is 0 Å². The third kappa shape index (κ3) is 12.6. The number of alkyl halides is 6. The molecule has 2 fully saturated rings. The molecule has 2 unspecified atom stereocenters. The van der Waals surface area contributed by atoms with Crippen LogP contribution in [0.25, 0.3) is 11.1 Å². The number of hydrogen-bond acceptors (Lipinski definition) is 2. The van der Waals surface area contributed by atoms with Gasteiger partial charge in [0.05, 0.1) is 0 Å². The molecule has 2 aromatic rings. The van der Waals surface area contributed by atoms with E-state index in [1.165, 1.54) is 125 Å². The first kappa shape index (κ1) is 40.3. The van der Waals surface area contributed by atoms with E-state index >= 15 is 0 Å². The summed E-state index contributed by atoms with van der Waals surface area (Å²) in [6.07, 6.45) is 18.5. The van der Waals surface area contributed by atoms with Crippen LogP contribution in [-0.2, 0) is 0 Å². The van der Waals surface area contributed by atoms with Crippen molar-refractivity contribution in [3.05, 3.63) is 71.8 Å². The molecule has 2 atom stereocenters. The SMILES string of the molecule is CCCC1CCC(C2CC=C(c3ccc(OC(F)(F)F)cc3)CC2)CC1.CCCC1CCC(C2CC=C(c3ccc(OC(F)(F)F)cc3)CC2)CC1. The minimum absolute atomic E-state index is 0.153. The molecule has 8 heteroatoms. The second-order valence-electron chi connectivity index (χ2n) is 15.8. The van der Waals surface area contributed by atoms with Gasteiger partial charge in [-0.2, -0.15) is 0 Å². The molecule has 0 N–H and O–H groups in total. The molecule has 0 bridgehead atoms. The molecule has 0 aromatic heterocycles. The van der Waals surface area contributed by atoms with Gasteiger partial charge in [-0.25, -0.2) is 0 Å². The summed E-state index contributed by atoms with van der Waals surface area (Å²) in [6, 6.07) is 12.6. The normalized spacial score (nSPS) is 27.1. The zero-order valence-corrected chi connectivity index (χ0v) is 31.0. The summed E-state index contributed by atoms with van der Waals surface area (Å²) in [5.41, 5.74) is 4.56. The van der Waals surface area contributed by atoms with Crippen LogP contribution in [0.2, 0.25) is 0 Å². The highest BCUT2D eigenvalue weighted by atomic mass is 19.4. The highest BCUT2D eigenvalue weighted by Crippen LogP contribution is 2.44. The molecule has 6 rings (SSSR count). The van der Waals surface area contributed by atoms with Crippen molar-refractivity contribution in [2.45, 2.75) is 142 Å². The Bertz CT molecular complexity index is 1300. The molecular formula is C44H58F6O2. The fraction of sp³-hybridized carbons (Fsp3) is 0.636. The average molecular weight is 733 g/mol. The first-order valence-electron chi connectivity index (χ1n) is 20.0. The predicted octanol–water partition coefficient (Wildman–Crippen LogP) is 14.8. The largest absolute Gasteiger partial charge is 0.573 e. The van der Waals surface area contributed by atoms with Crippen molar-refractivity contribution in [3.8, 4) is 11.5 Å². The summed E-state index contributed by atoms with van der Waals surface area (Å²) >= 11 is 0. The average Bonchev–Trinajstić information content (AvgIpc) is 3.12. The molecule has 4 aliphatic carbocycles. The van der Waals surface area contributed by atoms with Crippen LogP contribution < -0.4 is 9.47 Å². The van der Waals surface area contributed by atoms with Crippen LogP contribution in [0, 0.1) is 35.5 Å². The van der Waals surface area contributed by atoms with Crippen LogP contribution in [0.4, 0.5) is 26.3 Å². The number of allylic oxidation sites excluding steroid dienone is 4. The number of rotatable bonds is 10. The number of halogens is 6. The Morgan fingerprint density at radius 2 is 0.827 bits per heavy atom. The van der Waals surface area contributed by atoms with Crippen LogP contribution in [0.5, 0.6) is 11.5 Å². The summed E-state index contributed by atoms with van der Waals surface area (Å²) in [5, 5.41) is 0. The third-order valence-corrected chi connectivity index (χ3v) is 12.3. The van der Waals surface area contributed by atoms with E-state index in [4.69, 9.17) is 0 Å². The molecule has 288 valence electrons. The lowest BCUT2D eigenvalue weighted by atomic mass is 9.70. The van der Waals surface area contributed by atoms with E-state index in [1.807, 2.05) is 0 Å². The lowest BCUT2D eigenvalue weighted by Gasteiger charge is -2.35. The molecule has 0 radical (unpaired) electrons. The van der Waals surface area contributed by atoms with E-state index in [2.05, 4.69) is 35.5 Å². The molecule has 2 aromatic carbocycles. The monoisotopic (exact) mass is 732 g/mol. The van der Waals surface area contributed by atoms with Crippen molar-refractivity contribution in [1.29, 1.82) is 0 Å². The second-order valence-corrected chi connectivity index (χ2v) is 15.8. The molecule has 0 heterocycles. The summed E-state index contributed by atoms with van der Waals surface area (Å²) in [6.45, 7) is 4.56. The van der Waals surface area contributed by atoms with E-state index in [0.29, 0.717) is 0 Å². The van der Waals surface area contributed by atoms with Crippen LogP contribution >= 0.6 is 0 Å². The van der Waals surface area contributed by atoms with E-state index in [-0.39, 0.29) is 11.5 Å². The number of ether oxygens (including phenoxy) is 2. The van der Waals surface area contributed by atoms with Gasteiger partial charge in [0.15, 0.2) is 0 Å². The highest BCUT2D eigenvalue weighted by Gasteiger charge is 2.33. The predicted molar refractivity (Wildman–Crippen MR) is 198 cm³/mol. The number of benzene rings is 2. The lowest BCUT2D eigenvalue weighted by molar-refractivity contribution is -0.275. The summed E-state index contributed by atoms with van der Waals surface area (Å²) in [5.74, 6) is 4.89. The Balaban J connectivity index is 0.000000201. The van der Waals surface area contributed by atoms with Crippen molar-refractivity contribution in [2.75, 3.05) is 0 Å². The quantitative estimate of drug-likeness (QED) is 0.227. The van der Waals surface area contributed by atoms with Crippen molar-refractivity contribution < 1.29 is 35.8 Å². The van der Waals surface area contributed by atoms with E-state index in [9.17, 15) is 26.3 Å². The molecular weight excluding hydrogens is 674 g/mol. The Hall–Kier alpha value is -2.90. The van der Waals surface area contributed by atoms with E-state index in [1.54, 1.807) is 24.3 Å². The molecule has 4 aliphatic rings. The molecule has 0 aliphatic heterocycles. The van der Waals surface area contributed by atoms with Crippen molar-refractivity contribution in [2.24, 2.45) is 35.5 Å². The fourth-order valence-corrected chi connectivity index (χ4v) is 9.54. The van der Waals surface area contributed by atoms with Crippen LogP contribution in [0.1, 0.15) is 141 Å². The summed E-state index contributed by atoms with van der Waals surface area (Å²) in [7, 11) is 0. The maximum absolute atomic E-state index is 12.2. The minimum atomic E-state index is -4.63. The topological polar surface area (TPSA) is 18.5 Å². The molecule has 2 saturated carbocycles. The van der Waals surface area contributed by atoms with Gasteiger partial charge in [0.1, 0.15) is 11.5 Å². The maximum atomic E-state index is 12.2. The zero-order valence-electron chi connectivity index (χ0n) is 31.0. The van der Waals surface area contributed by atoms with E-state index in [0.717, 1.165) is 72.3 Å². The minimum Gasteiger partial charge on any atom is -0.406 e. The molecule has 52 heavy (non-hydrogen) atoms. The van der Waals surface area contributed by atoms with Gasteiger partial charge >= 0.3 is 12.7 Å². The fourth-order valence-electron chi connectivity index (χ4n) is 9.54. The lowest BCUT2D eigenvalue weighted by Crippen LogP contribution is -2.23. The van der Waals surface area contributed by atoms with E-state index < -0.39 is 12.7 Å². The third-order valence-electron chi connectivity index (χ3n) is 12.3. The highest BCUT2D eigenvalue weighted by molar-refractivity contribution is 5.67. The smallest absolute Gasteiger partial charge is 0.406 e. The number of hydrogen-bond donors (Lipinski definition) is 0. The van der Waals surface area contributed by atoms with Gasteiger partial charge in [0.25, 0.3) is 0 Å². The standard InChI is InChI=1S/2C22H29F3O/c2*1-2-3-16-4-6-17(7-5-16)18-8-10-19(11-9-18)20-12-14-21(15-13-20)26-22(23,24)25/h2*10,12-18H,2-9,11H2,1H3. The Morgan fingerprint density at radius 1 is 0.481 bits per heavy atom. The Kier molecular flexibility index (Phi) is 14.7. The van der Waals surface area contributed by atoms with Crippen LogP contribution in [0.3, 0.4) is 0 Å². The van der Waals surface area contributed by atoms with Crippen LogP contribution in [0.15, 0.2) is 60.7 Å². The molecule has 0 saturated heterocycles. The first-order chi connectivity index (χ1) is 24.9. The van der Waals surface area contributed by atoms with Gasteiger partial charge < -0.3 is 9.47 Å². The van der Waals surface area contributed by atoms with Gasteiger partial charge in [0, 0.05) is 0 Å². The molecule has 0 amide bonds. The zero-order chi connectivity index (χ0) is 37.1. The Labute approximate surface area is 307 Å². The van der Waals surface area contributed by atoms with Crippen molar-refractivity contribution in [3.63, 3.8) is 0 Å². The summed E-state index contributed by atoms with van der Waals surface area (Å²) < 4.78 is 81.4. The maximum Gasteiger partial charge on any atom is 0.573 e. The van der Waals surface area contributed by atoms with Gasteiger partial charge in [0.2, 0.25) is 0 Å². The summed E-state index contributed by atoms with van der Waals surface area (Å²) in [4.78, 5) is 0. The van der Waals surface area contributed by atoms with Gasteiger partial charge in [-0.3, -0.25) is 0 Å². The molecule has 2 nitrogen and oxygen atoms in total. The van der Waals surface area contributed by atoms with Gasteiger partial charge in [-0.1, -0.05) is 102 Å². The Morgan fingerprint density at radius 3 is 1.10 bits per heavy atom. The second kappa shape index (κ2) is 18.9. The molecule has 0 spiro atoms. The van der Waals surface area contributed by atoms with Gasteiger partial charge in [-0.05, 0) is 146 Å². The van der Waals surface area contributed by atoms with Crippen LogP contribution in [-0.4, -0.2) is 12.7 Å². The first-order valence-corrected chi connectivity index (χ1v) is 20.0. The van der Waals surface area contributed by atoms with Crippen molar-refractivity contribution >= 4 is 11.1 Å².